The SMILES string of the molecule is N#Cc1ccc(OCC(O)Cn2cc([N+](=O)[O-])cn2)cc1F. The van der Waals surface area contributed by atoms with Gasteiger partial charge in [0.1, 0.15) is 42.7 Å². The number of aliphatic hydroxyl groups is 1. The third-order valence-electron chi connectivity index (χ3n) is 2.73. The van der Waals surface area contributed by atoms with Gasteiger partial charge in [-0.05, 0) is 12.1 Å². The van der Waals surface area contributed by atoms with Crippen molar-refractivity contribution < 1.29 is 19.2 Å². The summed E-state index contributed by atoms with van der Waals surface area (Å²) in [6.07, 6.45) is 1.27. The van der Waals surface area contributed by atoms with E-state index in [1.807, 2.05) is 0 Å². The molecule has 1 atom stereocenters. The van der Waals surface area contributed by atoms with Gasteiger partial charge in [0, 0.05) is 6.07 Å². The lowest BCUT2D eigenvalue weighted by Crippen LogP contribution is -2.23. The molecule has 1 aromatic heterocycles. The van der Waals surface area contributed by atoms with Gasteiger partial charge in [0.2, 0.25) is 0 Å². The Labute approximate surface area is 124 Å². The highest BCUT2D eigenvalue weighted by Gasteiger charge is 2.13. The molecule has 114 valence electrons. The quantitative estimate of drug-likeness (QED) is 0.634. The fourth-order valence-electron chi connectivity index (χ4n) is 1.68. The molecule has 1 heterocycles. The van der Waals surface area contributed by atoms with Crippen molar-refractivity contribution >= 4 is 5.69 Å². The van der Waals surface area contributed by atoms with Crippen LogP contribution in [0.25, 0.3) is 0 Å². The van der Waals surface area contributed by atoms with Crippen molar-refractivity contribution in [3.8, 4) is 11.8 Å². The largest absolute Gasteiger partial charge is 0.491 e. The van der Waals surface area contributed by atoms with Crippen molar-refractivity contribution in [1.29, 1.82) is 5.26 Å². The fourth-order valence-corrected chi connectivity index (χ4v) is 1.68. The lowest BCUT2D eigenvalue weighted by Gasteiger charge is -2.12. The van der Waals surface area contributed by atoms with E-state index < -0.39 is 16.8 Å². The molecule has 0 saturated heterocycles. The number of ether oxygens (including phenoxy) is 1. The number of nitrogens with zero attached hydrogens (tertiary/aromatic N) is 4. The summed E-state index contributed by atoms with van der Waals surface area (Å²) < 4.78 is 19.8. The number of aliphatic hydroxyl groups excluding tert-OH is 1. The van der Waals surface area contributed by atoms with E-state index in [1.54, 1.807) is 6.07 Å². The van der Waals surface area contributed by atoms with Crippen LogP contribution >= 0.6 is 0 Å². The zero-order valence-electron chi connectivity index (χ0n) is 11.2. The Bertz CT molecular complexity index is 725. The summed E-state index contributed by atoms with van der Waals surface area (Å²) in [6, 6.07) is 5.41. The van der Waals surface area contributed by atoms with Crippen LogP contribution in [0, 0.1) is 27.3 Å². The monoisotopic (exact) mass is 306 g/mol. The number of halogens is 1. The van der Waals surface area contributed by atoms with Crippen molar-refractivity contribution in [2.24, 2.45) is 0 Å². The van der Waals surface area contributed by atoms with Crippen LogP contribution in [0.5, 0.6) is 5.75 Å². The van der Waals surface area contributed by atoms with Gasteiger partial charge < -0.3 is 9.84 Å². The minimum Gasteiger partial charge on any atom is -0.491 e. The highest BCUT2D eigenvalue weighted by molar-refractivity contribution is 5.36. The molecule has 0 saturated carbocycles. The zero-order valence-corrected chi connectivity index (χ0v) is 11.2. The molecule has 8 nitrogen and oxygen atoms in total. The van der Waals surface area contributed by atoms with Crippen molar-refractivity contribution in [1.82, 2.24) is 9.78 Å². The van der Waals surface area contributed by atoms with Crippen molar-refractivity contribution in [3.63, 3.8) is 0 Å². The summed E-state index contributed by atoms with van der Waals surface area (Å²) >= 11 is 0. The van der Waals surface area contributed by atoms with E-state index in [-0.39, 0.29) is 30.2 Å². The summed E-state index contributed by atoms with van der Waals surface area (Å²) in [5.41, 5.74) is -0.279. The van der Waals surface area contributed by atoms with Gasteiger partial charge in [-0.25, -0.2) is 4.39 Å². The summed E-state index contributed by atoms with van der Waals surface area (Å²) in [7, 11) is 0. The number of hydrogen-bond donors (Lipinski definition) is 1. The first-order valence-corrected chi connectivity index (χ1v) is 6.17. The molecule has 0 aliphatic heterocycles. The molecule has 0 bridgehead atoms. The first-order chi connectivity index (χ1) is 10.5. The van der Waals surface area contributed by atoms with Gasteiger partial charge in [0.15, 0.2) is 0 Å². The predicted octanol–water partition coefficient (Wildman–Crippen LogP) is 1.24. The maximum Gasteiger partial charge on any atom is 0.306 e. The van der Waals surface area contributed by atoms with Crippen LogP contribution in [0.3, 0.4) is 0 Å². The highest BCUT2D eigenvalue weighted by Crippen LogP contribution is 2.16. The van der Waals surface area contributed by atoms with E-state index in [9.17, 15) is 19.6 Å². The molecular weight excluding hydrogens is 295 g/mol. The fraction of sp³-hybridized carbons (Fsp3) is 0.231. The maximum absolute atomic E-state index is 13.4. The normalized spacial score (nSPS) is 11.7. The van der Waals surface area contributed by atoms with E-state index >= 15 is 0 Å². The van der Waals surface area contributed by atoms with E-state index in [1.165, 1.54) is 23.0 Å². The van der Waals surface area contributed by atoms with Crippen LogP contribution in [0.15, 0.2) is 30.6 Å². The van der Waals surface area contributed by atoms with E-state index in [4.69, 9.17) is 10.00 Å². The van der Waals surface area contributed by atoms with Crippen molar-refractivity contribution in [2.45, 2.75) is 12.6 Å². The van der Waals surface area contributed by atoms with Crippen LogP contribution in [0.1, 0.15) is 5.56 Å². The molecule has 1 unspecified atom stereocenters. The number of nitriles is 1. The number of rotatable bonds is 6. The van der Waals surface area contributed by atoms with Gasteiger partial charge in [0.25, 0.3) is 0 Å². The van der Waals surface area contributed by atoms with Crippen molar-refractivity contribution in [3.05, 3.63) is 52.1 Å². The molecule has 0 radical (unpaired) electrons. The number of benzene rings is 1. The Kier molecular flexibility index (Phi) is 4.65. The topological polar surface area (TPSA) is 114 Å². The molecule has 0 amide bonds. The Morgan fingerprint density at radius 2 is 2.36 bits per heavy atom. The lowest BCUT2D eigenvalue weighted by atomic mass is 10.2. The van der Waals surface area contributed by atoms with Crippen LogP contribution in [-0.4, -0.2) is 32.5 Å². The molecule has 2 rings (SSSR count). The summed E-state index contributed by atoms with van der Waals surface area (Å²) in [6.45, 7) is -0.161. The van der Waals surface area contributed by atoms with Crippen molar-refractivity contribution in [2.75, 3.05) is 6.61 Å². The van der Waals surface area contributed by atoms with Gasteiger partial charge in [-0.3, -0.25) is 14.8 Å². The molecule has 1 aromatic carbocycles. The number of nitro groups is 1. The summed E-state index contributed by atoms with van der Waals surface area (Å²) in [4.78, 5) is 9.91. The Hall–Kier alpha value is -2.99. The van der Waals surface area contributed by atoms with Gasteiger partial charge in [-0.1, -0.05) is 0 Å². The second kappa shape index (κ2) is 6.64. The maximum atomic E-state index is 13.4. The molecule has 9 heteroatoms. The van der Waals surface area contributed by atoms with Gasteiger partial charge in [-0.2, -0.15) is 10.4 Å². The van der Waals surface area contributed by atoms with Crippen LogP contribution < -0.4 is 4.74 Å². The second-order valence-electron chi connectivity index (χ2n) is 4.40. The first-order valence-electron chi connectivity index (χ1n) is 6.17. The van der Waals surface area contributed by atoms with Crippen LogP contribution in [0.4, 0.5) is 10.1 Å². The average Bonchev–Trinajstić information content (AvgIpc) is 2.94. The van der Waals surface area contributed by atoms with Gasteiger partial charge in [-0.15, -0.1) is 0 Å². The Morgan fingerprint density at radius 1 is 1.59 bits per heavy atom. The van der Waals surface area contributed by atoms with Crippen LogP contribution in [-0.2, 0) is 6.54 Å². The van der Waals surface area contributed by atoms with E-state index in [0.29, 0.717) is 0 Å². The Morgan fingerprint density at radius 3 is 2.95 bits per heavy atom. The average molecular weight is 306 g/mol. The smallest absolute Gasteiger partial charge is 0.306 e. The second-order valence-corrected chi connectivity index (χ2v) is 4.40. The number of aromatic nitrogens is 2. The molecule has 0 aliphatic carbocycles. The molecule has 0 aliphatic rings. The summed E-state index contributed by atoms with van der Waals surface area (Å²) in [5.74, 6) is -0.542. The molecule has 1 N–H and O–H groups in total. The third-order valence-corrected chi connectivity index (χ3v) is 2.73. The summed E-state index contributed by atoms with van der Waals surface area (Å²) in [5, 5.41) is 32.6. The lowest BCUT2D eigenvalue weighted by molar-refractivity contribution is -0.385. The van der Waals surface area contributed by atoms with Crippen LogP contribution in [0.2, 0.25) is 0 Å². The molecule has 0 fully saturated rings. The predicted molar refractivity (Wildman–Crippen MR) is 71.5 cm³/mol. The van der Waals surface area contributed by atoms with E-state index in [2.05, 4.69) is 5.10 Å². The number of hydrogen-bond acceptors (Lipinski definition) is 6. The standard InChI is InChI=1S/C13H11FN4O4/c14-13-3-12(2-1-9(13)4-15)22-8-11(19)7-17-6-10(5-16-17)18(20)21/h1-3,5-6,11,19H,7-8H2. The molecule has 2 aromatic rings. The minimum atomic E-state index is -0.988. The van der Waals surface area contributed by atoms with Gasteiger partial charge >= 0.3 is 5.69 Å². The third kappa shape index (κ3) is 3.77. The molecular formula is C13H11FN4O4. The molecule has 0 spiro atoms. The highest BCUT2D eigenvalue weighted by atomic mass is 19.1. The molecule has 22 heavy (non-hydrogen) atoms. The first kappa shape index (κ1) is 15.4. The Balaban J connectivity index is 1.89. The zero-order chi connectivity index (χ0) is 16.1. The van der Waals surface area contributed by atoms with E-state index in [0.717, 1.165) is 12.3 Å². The van der Waals surface area contributed by atoms with Gasteiger partial charge in [0.05, 0.1) is 17.0 Å². The minimum absolute atomic E-state index is 0.00734.